The molecule has 0 aliphatic rings. The van der Waals surface area contributed by atoms with Crippen LogP contribution < -0.4 is 14.9 Å². The molecule has 0 aliphatic carbocycles. The fourth-order valence-corrected chi connectivity index (χ4v) is 2.52. The average molecular weight is 407 g/mol. The van der Waals surface area contributed by atoms with Gasteiger partial charge in [-0.05, 0) is 64.7 Å². The van der Waals surface area contributed by atoms with E-state index in [1.165, 1.54) is 13.3 Å². The maximum atomic E-state index is 11.8. The van der Waals surface area contributed by atoms with E-state index in [4.69, 9.17) is 9.47 Å². The Morgan fingerprint density at radius 1 is 1.32 bits per heavy atom. The van der Waals surface area contributed by atoms with Crippen LogP contribution in [-0.2, 0) is 4.79 Å². The van der Waals surface area contributed by atoms with Gasteiger partial charge in [0.05, 0.1) is 17.8 Å². The monoisotopic (exact) mass is 406 g/mol. The zero-order valence-electron chi connectivity index (χ0n) is 14.2. The van der Waals surface area contributed by atoms with Gasteiger partial charge >= 0.3 is 0 Å². The summed E-state index contributed by atoms with van der Waals surface area (Å²) in [6.07, 6.45) is 1.45. The molecular weight excluding hydrogens is 388 g/mol. The fraction of sp³-hybridized carbons (Fsp3) is 0.222. The van der Waals surface area contributed by atoms with Crippen LogP contribution in [-0.4, -0.2) is 30.9 Å². The zero-order chi connectivity index (χ0) is 18.4. The molecule has 132 valence electrons. The number of hydrazone groups is 1. The number of benzene rings is 2. The molecule has 0 saturated heterocycles. The van der Waals surface area contributed by atoms with Crippen molar-refractivity contribution in [2.75, 3.05) is 13.7 Å². The van der Waals surface area contributed by atoms with Gasteiger partial charge in [-0.15, -0.1) is 0 Å². The van der Waals surface area contributed by atoms with Crippen LogP contribution in [0.15, 0.2) is 39.9 Å². The van der Waals surface area contributed by atoms with Gasteiger partial charge in [-0.1, -0.05) is 12.1 Å². The number of methoxy groups -OCH3 is 1. The maximum Gasteiger partial charge on any atom is 0.277 e. The first kappa shape index (κ1) is 18.8. The largest absolute Gasteiger partial charge is 0.503 e. The van der Waals surface area contributed by atoms with Crippen molar-refractivity contribution in [3.8, 4) is 17.2 Å². The number of amides is 1. The van der Waals surface area contributed by atoms with E-state index in [-0.39, 0.29) is 18.3 Å². The molecule has 6 nitrogen and oxygen atoms in total. The second kappa shape index (κ2) is 8.53. The molecule has 0 unspecified atom stereocenters. The van der Waals surface area contributed by atoms with E-state index in [1.54, 1.807) is 12.1 Å². The Bertz CT molecular complexity index is 806. The van der Waals surface area contributed by atoms with Crippen LogP contribution in [0, 0.1) is 13.8 Å². The second-order valence-corrected chi connectivity index (χ2v) is 6.19. The maximum absolute atomic E-state index is 11.8. The number of nitrogens with one attached hydrogen (secondary N) is 1. The third-order valence-electron chi connectivity index (χ3n) is 3.59. The summed E-state index contributed by atoms with van der Waals surface area (Å²) < 4.78 is 11.0. The number of hydrogen-bond donors (Lipinski definition) is 2. The normalized spacial score (nSPS) is 10.7. The van der Waals surface area contributed by atoms with Gasteiger partial charge in [-0.25, -0.2) is 5.43 Å². The van der Waals surface area contributed by atoms with E-state index in [1.807, 2.05) is 32.0 Å². The summed E-state index contributed by atoms with van der Waals surface area (Å²) in [6.45, 7) is 3.79. The number of halogens is 1. The fourth-order valence-electron chi connectivity index (χ4n) is 2.06. The van der Waals surface area contributed by atoms with Crippen LogP contribution in [0.25, 0.3) is 0 Å². The van der Waals surface area contributed by atoms with Crippen LogP contribution in [0.3, 0.4) is 0 Å². The second-order valence-electron chi connectivity index (χ2n) is 5.33. The summed E-state index contributed by atoms with van der Waals surface area (Å²) in [5, 5.41) is 13.6. The highest BCUT2D eigenvalue weighted by molar-refractivity contribution is 9.10. The summed E-state index contributed by atoms with van der Waals surface area (Å²) in [4.78, 5) is 11.8. The lowest BCUT2D eigenvalue weighted by molar-refractivity contribution is -0.123. The first-order chi connectivity index (χ1) is 11.9. The van der Waals surface area contributed by atoms with Gasteiger partial charge in [-0.2, -0.15) is 5.10 Å². The van der Waals surface area contributed by atoms with Crippen molar-refractivity contribution in [3.05, 3.63) is 51.5 Å². The third kappa shape index (κ3) is 4.96. The van der Waals surface area contributed by atoms with Crippen LogP contribution >= 0.6 is 15.9 Å². The molecule has 0 saturated carbocycles. The van der Waals surface area contributed by atoms with E-state index in [0.29, 0.717) is 21.5 Å². The highest BCUT2D eigenvalue weighted by Gasteiger charge is 2.08. The van der Waals surface area contributed by atoms with Crippen LogP contribution in [0.4, 0.5) is 0 Å². The highest BCUT2D eigenvalue weighted by atomic mass is 79.9. The Balaban J connectivity index is 1.92. The predicted molar refractivity (Wildman–Crippen MR) is 99.5 cm³/mol. The molecular formula is C18H19BrN2O4. The number of carbonyl (C=O) groups is 1. The third-order valence-corrected chi connectivity index (χ3v) is 4.19. The standard InChI is InChI=1S/C18H19BrN2O4/c1-11-5-4-6-15(12(11)2)25-10-17(22)21-20-9-13-7-14(19)18(23)16(8-13)24-3/h4-9,23H,10H2,1-3H3,(H,21,22)/b20-9-. The number of carbonyl (C=O) groups excluding carboxylic acids is 1. The van der Waals surface area contributed by atoms with E-state index in [9.17, 15) is 9.90 Å². The van der Waals surface area contributed by atoms with E-state index in [2.05, 4.69) is 26.5 Å². The number of rotatable bonds is 6. The van der Waals surface area contributed by atoms with Crippen molar-refractivity contribution in [2.45, 2.75) is 13.8 Å². The van der Waals surface area contributed by atoms with Gasteiger partial charge in [0, 0.05) is 0 Å². The van der Waals surface area contributed by atoms with E-state index >= 15 is 0 Å². The molecule has 0 atom stereocenters. The number of phenols is 1. The molecule has 2 aromatic carbocycles. The lowest BCUT2D eigenvalue weighted by Crippen LogP contribution is -2.24. The minimum atomic E-state index is -0.373. The molecule has 0 spiro atoms. The molecule has 0 radical (unpaired) electrons. The summed E-state index contributed by atoms with van der Waals surface area (Å²) in [5.41, 5.74) is 5.14. The van der Waals surface area contributed by atoms with Crippen LogP contribution in [0.5, 0.6) is 17.2 Å². The van der Waals surface area contributed by atoms with Crippen molar-refractivity contribution in [2.24, 2.45) is 5.10 Å². The van der Waals surface area contributed by atoms with E-state index < -0.39 is 0 Å². The number of ether oxygens (including phenoxy) is 2. The summed E-state index contributed by atoms with van der Waals surface area (Å²) in [7, 11) is 1.45. The highest BCUT2D eigenvalue weighted by Crippen LogP contribution is 2.34. The Morgan fingerprint density at radius 2 is 2.08 bits per heavy atom. The molecule has 1 amide bonds. The van der Waals surface area contributed by atoms with Gasteiger partial charge in [0.2, 0.25) is 0 Å². The lowest BCUT2D eigenvalue weighted by atomic mass is 10.1. The molecule has 0 bridgehead atoms. The molecule has 0 fully saturated rings. The van der Waals surface area contributed by atoms with Gasteiger partial charge in [0.25, 0.3) is 5.91 Å². The van der Waals surface area contributed by atoms with Gasteiger partial charge < -0.3 is 14.6 Å². The minimum Gasteiger partial charge on any atom is -0.503 e. The predicted octanol–water partition coefficient (Wildman–Crippen LogP) is 3.31. The van der Waals surface area contributed by atoms with Crippen molar-refractivity contribution < 1.29 is 19.4 Å². The number of hydrogen-bond acceptors (Lipinski definition) is 5. The summed E-state index contributed by atoms with van der Waals surface area (Å²) in [6, 6.07) is 8.93. The Hall–Kier alpha value is -2.54. The topological polar surface area (TPSA) is 80.2 Å². The smallest absolute Gasteiger partial charge is 0.277 e. The molecule has 7 heteroatoms. The first-order valence-electron chi connectivity index (χ1n) is 7.49. The number of aryl methyl sites for hydroxylation is 1. The van der Waals surface area contributed by atoms with E-state index in [0.717, 1.165) is 11.1 Å². The van der Waals surface area contributed by atoms with Crippen molar-refractivity contribution in [1.82, 2.24) is 5.43 Å². The quantitative estimate of drug-likeness (QED) is 0.569. The minimum absolute atomic E-state index is 0.00519. The van der Waals surface area contributed by atoms with Crippen molar-refractivity contribution in [1.29, 1.82) is 0 Å². The van der Waals surface area contributed by atoms with Gasteiger partial charge in [-0.3, -0.25) is 4.79 Å². The number of nitrogens with zero attached hydrogens (tertiary/aromatic N) is 1. The van der Waals surface area contributed by atoms with Gasteiger partial charge in [0.15, 0.2) is 18.1 Å². The average Bonchev–Trinajstić information content (AvgIpc) is 2.59. The number of phenolic OH excluding ortho intramolecular Hbond substituents is 1. The summed E-state index contributed by atoms with van der Waals surface area (Å²) >= 11 is 3.22. The molecule has 0 heterocycles. The molecule has 2 aromatic rings. The van der Waals surface area contributed by atoms with Crippen molar-refractivity contribution in [3.63, 3.8) is 0 Å². The molecule has 0 aromatic heterocycles. The lowest BCUT2D eigenvalue weighted by Gasteiger charge is -2.09. The Labute approximate surface area is 154 Å². The Kier molecular flexibility index (Phi) is 6.41. The molecule has 25 heavy (non-hydrogen) atoms. The zero-order valence-corrected chi connectivity index (χ0v) is 15.8. The summed E-state index contributed by atoms with van der Waals surface area (Å²) in [5.74, 6) is 0.610. The SMILES string of the molecule is COc1cc(/C=N\NC(=O)COc2cccc(C)c2C)cc(Br)c1O. The van der Waals surface area contributed by atoms with Crippen LogP contribution in [0.2, 0.25) is 0 Å². The van der Waals surface area contributed by atoms with Crippen LogP contribution in [0.1, 0.15) is 16.7 Å². The Morgan fingerprint density at radius 3 is 2.80 bits per heavy atom. The van der Waals surface area contributed by atoms with Crippen molar-refractivity contribution >= 4 is 28.1 Å². The first-order valence-corrected chi connectivity index (χ1v) is 8.29. The molecule has 2 N–H and O–H groups in total. The van der Waals surface area contributed by atoms with Gasteiger partial charge in [0.1, 0.15) is 5.75 Å². The molecule has 0 aliphatic heterocycles. The number of aromatic hydroxyl groups is 1. The molecule has 2 rings (SSSR count).